The third-order valence-corrected chi connectivity index (χ3v) is 4.40. The molecule has 0 aromatic carbocycles. The highest BCUT2D eigenvalue weighted by Gasteiger charge is 2.27. The molecule has 1 atom stereocenters. The number of aryl methyl sites for hydroxylation is 2. The van der Waals surface area contributed by atoms with E-state index in [1.54, 1.807) is 0 Å². The van der Waals surface area contributed by atoms with Crippen LogP contribution in [-0.2, 0) is 12.8 Å². The van der Waals surface area contributed by atoms with Gasteiger partial charge in [0.25, 0.3) is 5.91 Å². The fourth-order valence-electron chi connectivity index (χ4n) is 2.78. The van der Waals surface area contributed by atoms with Crippen molar-refractivity contribution in [1.29, 1.82) is 0 Å². The Labute approximate surface area is 120 Å². The zero-order chi connectivity index (χ0) is 14.5. The van der Waals surface area contributed by atoms with Gasteiger partial charge in [0.15, 0.2) is 5.76 Å². The van der Waals surface area contributed by atoms with E-state index in [1.807, 2.05) is 13.0 Å². The van der Waals surface area contributed by atoms with E-state index in [4.69, 9.17) is 4.42 Å². The van der Waals surface area contributed by atoms with Gasteiger partial charge in [-0.3, -0.25) is 4.79 Å². The molecule has 0 saturated heterocycles. The van der Waals surface area contributed by atoms with Crippen molar-refractivity contribution < 1.29 is 14.3 Å². The summed E-state index contributed by atoms with van der Waals surface area (Å²) in [4.78, 5) is 12.1. The zero-order valence-corrected chi connectivity index (χ0v) is 12.4. The lowest BCUT2D eigenvalue weighted by Gasteiger charge is -2.32. The van der Waals surface area contributed by atoms with Crippen molar-refractivity contribution in [2.24, 2.45) is 11.8 Å². The van der Waals surface area contributed by atoms with Crippen LogP contribution in [0.1, 0.15) is 55.0 Å². The summed E-state index contributed by atoms with van der Waals surface area (Å²) in [6, 6.07) is 1.84. The first-order valence-electron chi connectivity index (χ1n) is 7.70. The Hall–Kier alpha value is -1.29. The number of aliphatic hydroxyl groups is 1. The fraction of sp³-hybridized carbons (Fsp3) is 0.688. The van der Waals surface area contributed by atoms with E-state index in [1.165, 1.54) is 19.3 Å². The molecule has 2 rings (SSSR count). The van der Waals surface area contributed by atoms with E-state index in [9.17, 15) is 9.90 Å². The molecule has 1 saturated carbocycles. The smallest absolute Gasteiger partial charge is 0.287 e. The van der Waals surface area contributed by atoms with E-state index in [2.05, 4.69) is 12.2 Å². The molecule has 20 heavy (non-hydrogen) atoms. The summed E-state index contributed by atoms with van der Waals surface area (Å²) in [5.74, 6) is 1.87. The minimum absolute atomic E-state index is 0.142. The normalized spacial score (nSPS) is 16.8. The van der Waals surface area contributed by atoms with Crippen LogP contribution in [0.3, 0.4) is 0 Å². The maximum Gasteiger partial charge on any atom is 0.287 e. The number of hydrogen-bond donors (Lipinski definition) is 2. The molecular formula is C16H25NO3. The van der Waals surface area contributed by atoms with Gasteiger partial charge >= 0.3 is 0 Å². The fourth-order valence-corrected chi connectivity index (χ4v) is 2.78. The van der Waals surface area contributed by atoms with Crippen LogP contribution >= 0.6 is 0 Å². The predicted molar refractivity (Wildman–Crippen MR) is 77.7 cm³/mol. The minimum atomic E-state index is -0.169. The number of carbonyl (C=O) groups is 1. The van der Waals surface area contributed by atoms with Gasteiger partial charge in [-0.05, 0) is 24.0 Å². The molecule has 1 amide bonds. The molecular weight excluding hydrogens is 254 g/mol. The first-order chi connectivity index (χ1) is 9.69. The average Bonchev–Trinajstić information content (AvgIpc) is 2.84. The topological polar surface area (TPSA) is 62.5 Å². The average molecular weight is 279 g/mol. The molecule has 1 fully saturated rings. The molecule has 0 aliphatic heterocycles. The number of amides is 1. The van der Waals surface area contributed by atoms with Gasteiger partial charge in [0.1, 0.15) is 5.76 Å². The number of furan rings is 1. The standard InChI is InChI=1S/C16H25NO3/c1-3-11-8-15(20-14(11)4-2)16(19)17-9-13(10-18)12-6-5-7-12/h8,12-13,18H,3-7,9-10H2,1-2H3,(H,17,19). The Kier molecular flexibility index (Phi) is 5.24. The number of nitrogens with one attached hydrogen (secondary N) is 1. The van der Waals surface area contributed by atoms with Crippen molar-refractivity contribution in [2.75, 3.05) is 13.2 Å². The van der Waals surface area contributed by atoms with E-state index in [-0.39, 0.29) is 18.4 Å². The summed E-state index contributed by atoms with van der Waals surface area (Å²) in [5.41, 5.74) is 1.11. The van der Waals surface area contributed by atoms with Gasteiger partial charge in [0.2, 0.25) is 0 Å². The summed E-state index contributed by atoms with van der Waals surface area (Å²) in [5, 5.41) is 12.3. The van der Waals surface area contributed by atoms with Gasteiger partial charge in [0, 0.05) is 25.5 Å². The largest absolute Gasteiger partial charge is 0.456 e. The second kappa shape index (κ2) is 6.93. The predicted octanol–water partition coefficient (Wildman–Crippen LogP) is 2.54. The monoisotopic (exact) mass is 279 g/mol. The third kappa shape index (κ3) is 3.23. The molecule has 1 aliphatic carbocycles. The minimum Gasteiger partial charge on any atom is -0.456 e. The van der Waals surface area contributed by atoms with E-state index in [0.717, 1.165) is 24.2 Å². The lowest BCUT2D eigenvalue weighted by atomic mass is 9.76. The van der Waals surface area contributed by atoms with Crippen LogP contribution in [0.5, 0.6) is 0 Å². The van der Waals surface area contributed by atoms with Crippen LogP contribution in [0, 0.1) is 11.8 Å². The summed E-state index contributed by atoms with van der Waals surface area (Å²) in [7, 11) is 0. The van der Waals surface area contributed by atoms with Gasteiger partial charge in [-0.25, -0.2) is 0 Å². The number of rotatable bonds is 7. The number of carbonyl (C=O) groups excluding carboxylic acids is 1. The summed E-state index contributed by atoms with van der Waals surface area (Å²) >= 11 is 0. The SMILES string of the molecule is CCc1cc(C(=O)NCC(CO)C2CCC2)oc1CC. The number of aliphatic hydroxyl groups excluding tert-OH is 1. The molecule has 1 aliphatic rings. The van der Waals surface area contributed by atoms with Crippen molar-refractivity contribution in [1.82, 2.24) is 5.32 Å². The first-order valence-corrected chi connectivity index (χ1v) is 7.70. The lowest BCUT2D eigenvalue weighted by Crippen LogP contribution is -2.36. The van der Waals surface area contributed by atoms with Crippen LogP contribution in [0.15, 0.2) is 10.5 Å². The second-order valence-corrected chi connectivity index (χ2v) is 5.61. The Morgan fingerprint density at radius 1 is 1.45 bits per heavy atom. The molecule has 2 N–H and O–H groups in total. The molecule has 1 heterocycles. The highest BCUT2D eigenvalue weighted by atomic mass is 16.4. The molecule has 1 aromatic heterocycles. The first kappa shape index (κ1) is 15.1. The quantitative estimate of drug-likeness (QED) is 0.806. The van der Waals surface area contributed by atoms with Crippen molar-refractivity contribution in [2.45, 2.75) is 46.0 Å². The molecule has 4 heteroatoms. The van der Waals surface area contributed by atoms with Gasteiger partial charge in [-0.2, -0.15) is 0 Å². The van der Waals surface area contributed by atoms with Crippen LogP contribution in [0.2, 0.25) is 0 Å². The Balaban J connectivity index is 1.92. The van der Waals surface area contributed by atoms with Crippen LogP contribution in [0.25, 0.3) is 0 Å². The highest BCUT2D eigenvalue weighted by Crippen LogP contribution is 2.32. The van der Waals surface area contributed by atoms with Crippen LogP contribution < -0.4 is 5.32 Å². The third-order valence-electron chi connectivity index (χ3n) is 4.40. The Bertz CT molecular complexity index is 427. The van der Waals surface area contributed by atoms with Crippen LogP contribution in [0.4, 0.5) is 0 Å². The van der Waals surface area contributed by atoms with E-state index >= 15 is 0 Å². The molecule has 0 bridgehead atoms. The number of hydrogen-bond acceptors (Lipinski definition) is 3. The molecule has 112 valence electrons. The maximum absolute atomic E-state index is 12.1. The van der Waals surface area contributed by atoms with Crippen molar-refractivity contribution in [3.8, 4) is 0 Å². The molecule has 0 spiro atoms. The Morgan fingerprint density at radius 2 is 2.20 bits per heavy atom. The van der Waals surface area contributed by atoms with Gasteiger partial charge < -0.3 is 14.8 Å². The molecule has 1 aromatic rings. The van der Waals surface area contributed by atoms with Crippen molar-refractivity contribution in [3.05, 3.63) is 23.2 Å². The lowest BCUT2D eigenvalue weighted by molar-refractivity contribution is 0.0863. The van der Waals surface area contributed by atoms with Crippen molar-refractivity contribution >= 4 is 5.91 Å². The van der Waals surface area contributed by atoms with Gasteiger partial charge in [-0.15, -0.1) is 0 Å². The Morgan fingerprint density at radius 3 is 2.65 bits per heavy atom. The van der Waals surface area contributed by atoms with E-state index in [0.29, 0.717) is 18.2 Å². The van der Waals surface area contributed by atoms with Gasteiger partial charge in [0.05, 0.1) is 0 Å². The highest BCUT2D eigenvalue weighted by molar-refractivity contribution is 5.91. The molecule has 4 nitrogen and oxygen atoms in total. The van der Waals surface area contributed by atoms with E-state index < -0.39 is 0 Å². The summed E-state index contributed by atoms with van der Waals surface area (Å²) in [6.45, 7) is 4.76. The van der Waals surface area contributed by atoms with Crippen LogP contribution in [-0.4, -0.2) is 24.2 Å². The summed E-state index contributed by atoms with van der Waals surface area (Å²) in [6.07, 6.45) is 5.26. The molecule has 1 unspecified atom stereocenters. The molecule has 0 radical (unpaired) electrons. The summed E-state index contributed by atoms with van der Waals surface area (Å²) < 4.78 is 5.61. The maximum atomic E-state index is 12.1. The second-order valence-electron chi connectivity index (χ2n) is 5.61. The van der Waals surface area contributed by atoms with Crippen molar-refractivity contribution in [3.63, 3.8) is 0 Å². The van der Waals surface area contributed by atoms with Gasteiger partial charge in [-0.1, -0.05) is 33.1 Å². The zero-order valence-electron chi connectivity index (χ0n) is 12.4.